The number of aromatic hydroxyl groups is 4. The first-order chi connectivity index (χ1) is 40.9. The van der Waals surface area contributed by atoms with Crippen LogP contribution in [0.4, 0.5) is 0 Å². The van der Waals surface area contributed by atoms with Gasteiger partial charge in [0.2, 0.25) is 0 Å². The van der Waals surface area contributed by atoms with Crippen LogP contribution in [0.5, 0.6) is 23.0 Å². The Morgan fingerprint density at radius 1 is 0.379 bits per heavy atom. The number of fused-ring (bicyclic) bond motifs is 6. The zero-order valence-electron chi connectivity index (χ0n) is 52.7. The van der Waals surface area contributed by atoms with Crippen molar-refractivity contribution < 1.29 is 45.9 Å². The molecule has 8 aromatic carbocycles. The van der Waals surface area contributed by atoms with Crippen LogP contribution in [0.2, 0.25) is 0 Å². The molecule has 0 bridgehead atoms. The molecule has 4 heterocycles. The second-order valence-corrected chi connectivity index (χ2v) is 28.4. The third-order valence-corrected chi connectivity index (χ3v) is 18.1. The summed E-state index contributed by atoms with van der Waals surface area (Å²) in [5.74, 6) is 2.27. The van der Waals surface area contributed by atoms with Crippen LogP contribution in [0, 0.1) is 13.8 Å². The first-order valence-corrected chi connectivity index (χ1v) is 31.7. The third-order valence-electron chi connectivity index (χ3n) is 16.1. The Kier molecular flexibility index (Phi) is 19.2. The number of unbranched alkanes of at least 4 members (excludes halogenated alkanes) is 1. The van der Waals surface area contributed by atoms with E-state index in [0.29, 0.717) is 13.2 Å². The Bertz CT molecular complexity index is 3910. The Hall–Kier alpha value is -7.42. The number of rotatable bonds is 11. The van der Waals surface area contributed by atoms with E-state index in [0.717, 1.165) is 89.8 Å². The van der Waals surface area contributed by atoms with Gasteiger partial charge >= 0.3 is 0 Å². The minimum atomic E-state index is 0. The zero-order chi connectivity index (χ0) is 61.3. The molecule has 0 unspecified atom stereocenters. The molecule has 0 atom stereocenters. The minimum absolute atomic E-state index is 0. The number of thiophene rings is 2. The van der Waals surface area contributed by atoms with Crippen molar-refractivity contribution in [3.63, 3.8) is 0 Å². The molecule has 0 amide bonds. The number of nitrogens with zero attached hydrogens (tertiary/aromatic N) is 2. The smallest absolute Gasteiger partial charge is 0.263 e. The summed E-state index contributed by atoms with van der Waals surface area (Å²) >= 11 is 3.12. The molecule has 12 aromatic rings. The van der Waals surface area contributed by atoms with Crippen molar-refractivity contribution in [2.24, 2.45) is 0 Å². The van der Waals surface area contributed by atoms with E-state index in [9.17, 15) is 10.2 Å². The molecule has 87 heavy (non-hydrogen) atoms. The van der Waals surface area contributed by atoms with E-state index in [4.69, 9.17) is 9.47 Å². The molecule has 0 saturated heterocycles. The van der Waals surface area contributed by atoms with Crippen molar-refractivity contribution in [2.45, 2.75) is 118 Å². The van der Waals surface area contributed by atoms with Gasteiger partial charge in [-0.1, -0.05) is 144 Å². The van der Waals surface area contributed by atoms with Crippen molar-refractivity contribution in [2.75, 3.05) is 13.2 Å². The van der Waals surface area contributed by atoms with Gasteiger partial charge in [-0.3, -0.25) is 0 Å². The summed E-state index contributed by atoms with van der Waals surface area (Å²) in [5.41, 5.74) is 15.0. The van der Waals surface area contributed by atoms with Crippen LogP contribution in [0.25, 0.3) is 75.9 Å². The van der Waals surface area contributed by atoms with Crippen molar-refractivity contribution in [1.29, 1.82) is 0 Å². The summed E-state index contributed by atoms with van der Waals surface area (Å²) in [7, 11) is 0. The Balaban J connectivity index is 0.000000530. The maximum absolute atomic E-state index is 12.2. The van der Waals surface area contributed by atoms with Crippen LogP contribution < -0.4 is 0 Å². The fraction of sp³-hybridized carbons (Fsp3) is 0.256. The largest absolute Gasteiger partial charge is 0.582 e. The molecule has 0 aliphatic heterocycles. The molecule has 0 aliphatic rings. The molecule has 0 aliphatic carbocycles. The van der Waals surface area contributed by atoms with E-state index in [1.54, 1.807) is 22.7 Å². The molecule has 4 N–H and O–H groups in total. The molecular weight excluding hydrogens is 1180 g/mol. The summed E-state index contributed by atoms with van der Waals surface area (Å²) in [5, 5.41) is 33.3. The molecule has 0 fully saturated rings. The fourth-order valence-corrected chi connectivity index (χ4v) is 12.9. The Labute approximate surface area is 543 Å². The van der Waals surface area contributed by atoms with Gasteiger partial charge in [-0.25, -0.2) is 0 Å². The SMILES string of the molecule is CC(C)(C)c1ccc2c(c1)c1cc(C(C)(C)C)ccc1n2-c1csc(-c2ccccc2[OH+]CCCC[OH+]c2ccccc2-c2scc(-n3c4ccc(C(C)(C)C)cc4c4cc(C(C)(C)C)ccc43)c2O)c1O.[CH2-]c1ccccc1.[CH2-]c1ccccc1.[Zr]. The maximum atomic E-state index is 12.2. The van der Waals surface area contributed by atoms with E-state index >= 15 is 0 Å². The summed E-state index contributed by atoms with van der Waals surface area (Å²) in [6.45, 7) is 35.8. The molecule has 6 nitrogen and oxygen atoms in total. The maximum Gasteiger partial charge on any atom is 0.263 e. The second-order valence-electron chi connectivity index (χ2n) is 26.7. The topological polar surface area (TPSA) is 75.9 Å². The van der Waals surface area contributed by atoms with Crippen molar-refractivity contribution in [3.05, 3.63) is 240 Å². The monoisotopic (exact) mass is 1270 g/mol. The van der Waals surface area contributed by atoms with Crippen molar-refractivity contribution in [1.82, 2.24) is 9.13 Å². The summed E-state index contributed by atoms with van der Waals surface area (Å²) in [6.07, 6.45) is 1.71. The molecular formula is C78H84N2O4S2Zr. The van der Waals surface area contributed by atoms with E-state index in [1.165, 1.54) is 43.8 Å². The molecule has 0 saturated carbocycles. The van der Waals surface area contributed by atoms with Gasteiger partial charge in [0.05, 0.1) is 54.3 Å². The van der Waals surface area contributed by atoms with Crippen LogP contribution in [0.3, 0.4) is 0 Å². The number of ether oxygens (including phenoxy) is 2. The van der Waals surface area contributed by atoms with Gasteiger partial charge in [0.25, 0.3) is 11.5 Å². The molecule has 446 valence electrons. The van der Waals surface area contributed by atoms with E-state index in [1.807, 2.05) is 97.1 Å². The predicted molar refractivity (Wildman–Crippen MR) is 370 cm³/mol. The van der Waals surface area contributed by atoms with E-state index in [2.05, 4.69) is 202 Å². The van der Waals surface area contributed by atoms with Gasteiger partial charge in [0, 0.05) is 83.5 Å². The van der Waals surface area contributed by atoms with Crippen LogP contribution in [0.1, 0.15) is 129 Å². The normalized spacial score (nSPS) is 12.0. The standard InChI is InChI=1S/C64H68N2O4S2.2C7H7.Zr/c1-61(2,3)39-23-27-49-45(33-39)46-34-40(62(4,5)6)24-28-50(46)65(49)53-37-71-59(57(53)67)43-19-13-15-21-55(43)69-31-17-18-32-70-56-22-16-14-20-44(56)60-58(68)54(38-72-60)66-51-29-25-41(63(7,8)9)35-47(51)48-36-42(64(10,11)12)26-30-52(48)66;2*1-7-5-3-2-4-6-7;/h13-16,19-30,33-38,67-68H,17-18,31-32H2,1-12H3;2*2-6H,1H2;/q;2*-1;/p+2. The van der Waals surface area contributed by atoms with Gasteiger partial charge < -0.3 is 28.8 Å². The quantitative estimate of drug-likeness (QED) is 0.0769. The van der Waals surface area contributed by atoms with Crippen molar-refractivity contribution >= 4 is 66.3 Å². The summed E-state index contributed by atoms with van der Waals surface area (Å²) < 4.78 is 14.7. The molecule has 0 radical (unpaired) electrons. The molecule has 4 aromatic heterocycles. The number of hydrogen-bond donors (Lipinski definition) is 2. The zero-order valence-corrected chi connectivity index (χ0v) is 56.8. The first-order valence-electron chi connectivity index (χ1n) is 30.0. The van der Waals surface area contributed by atoms with Gasteiger partial charge in [0.1, 0.15) is 0 Å². The number of hydrogen-bond acceptors (Lipinski definition) is 4. The van der Waals surface area contributed by atoms with Crippen LogP contribution in [0.15, 0.2) is 193 Å². The molecule has 12 rings (SSSR count). The fourth-order valence-electron chi connectivity index (χ4n) is 11.0. The Morgan fingerprint density at radius 2 is 0.655 bits per heavy atom. The number of para-hydroxylation sites is 2. The van der Waals surface area contributed by atoms with Gasteiger partial charge in [0.15, 0.2) is 24.7 Å². The molecule has 9 heteroatoms. The van der Waals surface area contributed by atoms with Crippen LogP contribution >= 0.6 is 22.7 Å². The second kappa shape index (κ2) is 26.1. The first kappa shape index (κ1) is 64.1. The molecule has 0 spiro atoms. The van der Waals surface area contributed by atoms with E-state index < -0.39 is 0 Å². The average Bonchev–Trinajstić information content (AvgIpc) is 1.62. The summed E-state index contributed by atoms with van der Waals surface area (Å²) in [6, 6.07) is 63.2. The van der Waals surface area contributed by atoms with Gasteiger partial charge in [-0.05, 0) is 105 Å². The van der Waals surface area contributed by atoms with E-state index in [-0.39, 0.29) is 59.4 Å². The average molecular weight is 1270 g/mol. The predicted octanol–water partition coefficient (Wildman–Crippen LogP) is 21.6. The van der Waals surface area contributed by atoms with Crippen LogP contribution in [-0.4, -0.2) is 42.0 Å². The van der Waals surface area contributed by atoms with Crippen LogP contribution in [-0.2, 0) is 47.9 Å². The van der Waals surface area contributed by atoms with Gasteiger partial charge in [-0.2, -0.15) is 49.2 Å². The third kappa shape index (κ3) is 14.0. The Morgan fingerprint density at radius 3 is 0.920 bits per heavy atom. The number of benzene rings is 8. The van der Waals surface area contributed by atoms with Crippen molar-refractivity contribution in [3.8, 4) is 55.3 Å². The summed E-state index contributed by atoms with van der Waals surface area (Å²) in [4.78, 5) is 1.62. The number of aromatic nitrogens is 2. The number of aliphatic hydroxyl groups is 2. The van der Waals surface area contributed by atoms with Gasteiger partial charge in [-0.15, -0.1) is 46.9 Å². The minimum Gasteiger partial charge on any atom is -0.582 e.